The number of hydrogen-bond donors (Lipinski definition) is 1. The molecule has 1 atom stereocenters. The first-order valence-corrected chi connectivity index (χ1v) is 9.85. The topological polar surface area (TPSA) is 46.9 Å². The minimum absolute atomic E-state index is 0.0482. The standard InChI is InChI=1S/C22H13BrF3N3O/c23-13-10-11-15-16(12-13)19(30)21(22(24,25)26,28-14-6-2-1-3-7-14)29-18-9-5-4-8-17(18)27-20(15)29/h1-12,28H. The number of ketones is 1. The predicted molar refractivity (Wildman–Crippen MR) is 111 cm³/mol. The highest BCUT2D eigenvalue weighted by molar-refractivity contribution is 9.10. The largest absolute Gasteiger partial charge is 0.438 e. The lowest BCUT2D eigenvalue weighted by atomic mass is 9.88. The number of Topliss-reactive ketones (excluding diaryl/α,β-unsaturated/α-hetero) is 1. The fourth-order valence-electron chi connectivity index (χ4n) is 3.91. The number of anilines is 1. The molecule has 3 aromatic carbocycles. The van der Waals surface area contributed by atoms with Gasteiger partial charge in [0.05, 0.1) is 11.0 Å². The Morgan fingerprint density at radius 3 is 2.37 bits per heavy atom. The molecule has 150 valence electrons. The summed E-state index contributed by atoms with van der Waals surface area (Å²) in [5.74, 6) is -1.01. The summed E-state index contributed by atoms with van der Waals surface area (Å²) in [6.07, 6.45) is -4.96. The van der Waals surface area contributed by atoms with Crippen molar-refractivity contribution in [2.45, 2.75) is 11.8 Å². The lowest BCUT2D eigenvalue weighted by Crippen LogP contribution is -2.61. The Kier molecular flexibility index (Phi) is 4.05. The normalized spacial score (nSPS) is 18.2. The Labute approximate surface area is 177 Å². The number of fused-ring (bicyclic) bond motifs is 5. The summed E-state index contributed by atoms with van der Waals surface area (Å²) in [5, 5.41) is 2.51. The first kappa shape index (κ1) is 18.9. The molecule has 1 unspecified atom stereocenters. The van der Waals surface area contributed by atoms with Gasteiger partial charge in [-0.3, -0.25) is 9.36 Å². The van der Waals surface area contributed by atoms with Gasteiger partial charge in [0.2, 0.25) is 5.78 Å². The number of nitrogens with zero attached hydrogens (tertiary/aromatic N) is 2. The maximum absolute atomic E-state index is 14.9. The summed E-state index contributed by atoms with van der Waals surface area (Å²) in [5.41, 5.74) is -1.98. The van der Waals surface area contributed by atoms with Gasteiger partial charge in [-0.25, -0.2) is 4.98 Å². The molecule has 1 aliphatic rings. The number of hydrogen-bond acceptors (Lipinski definition) is 3. The molecule has 0 bridgehead atoms. The zero-order chi connectivity index (χ0) is 21.1. The molecule has 0 fully saturated rings. The number of imidazole rings is 1. The van der Waals surface area contributed by atoms with Crippen LogP contribution >= 0.6 is 15.9 Å². The summed E-state index contributed by atoms with van der Waals surface area (Å²) in [6, 6.07) is 19.1. The summed E-state index contributed by atoms with van der Waals surface area (Å²) in [6.45, 7) is 0. The summed E-state index contributed by atoms with van der Waals surface area (Å²) < 4.78 is 46.1. The molecule has 2 heterocycles. The van der Waals surface area contributed by atoms with Crippen molar-refractivity contribution in [3.05, 3.63) is 82.8 Å². The molecule has 1 N–H and O–H groups in total. The second-order valence-corrected chi connectivity index (χ2v) is 7.89. The number of carbonyl (C=O) groups is 1. The molecule has 0 amide bonds. The quantitative estimate of drug-likeness (QED) is 0.390. The first-order valence-electron chi connectivity index (χ1n) is 9.05. The van der Waals surface area contributed by atoms with Crippen LogP contribution in [0.2, 0.25) is 0 Å². The van der Waals surface area contributed by atoms with Crippen LogP contribution in [0, 0.1) is 0 Å². The zero-order valence-electron chi connectivity index (χ0n) is 15.2. The minimum atomic E-state index is -4.96. The molecular weight excluding hydrogens is 459 g/mol. The Bertz CT molecular complexity index is 1300. The van der Waals surface area contributed by atoms with Gasteiger partial charge >= 0.3 is 6.18 Å². The van der Waals surface area contributed by atoms with E-state index in [0.29, 0.717) is 15.6 Å². The maximum atomic E-state index is 14.9. The van der Waals surface area contributed by atoms with E-state index in [2.05, 4.69) is 26.2 Å². The third kappa shape index (κ3) is 2.53. The van der Waals surface area contributed by atoms with E-state index in [0.717, 1.165) is 4.57 Å². The van der Waals surface area contributed by atoms with E-state index in [1.807, 2.05) is 0 Å². The maximum Gasteiger partial charge on any atom is 0.438 e. The van der Waals surface area contributed by atoms with Gasteiger partial charge in [-0.1, -0.05) is 46.3 Å². The van der Waals surface area contributed by atoms with Gasteiger partial charge in [-0.2, -0.15) is 13.2 Å². The fourth-order valence-corrected chi connectivity index (χ4v) is 4.27. The first-order chi connectivity index (χ1) is 14.3. The average molecular weight is 472 g/mol. The number of para-hydroxylation sites is 3. The molecule has 4 nitrogen and oxygen atoms in total. The van der Waals surface area contributed by atoms with E-state index in [1.165, 1.54) is 24.3 Å². The van der Waals surface area contributed by atoms with E-state index >= 15 is 0 Å². The number of nitrogens with one attached hydrogen (secondary N) is 1. The van der Waals surface area contributed by atoms with E-state index in [4.69, 9.17) is 0 Å². The van der Waals surface area contributed by atoms with Crippen molar-refractivity contribution in [3.8, 4) is 11.4 Å². The monoisotopic (exact) mass is 471 g/mol. The lowest BCUT2D eigenvalue weighted by Gasteiger charge is -2.41. The summed E-state index contributed by atoms with van der Waals surface area (Å²) >= 11 is 3.27. The van der Waals surface area contributed by atoms with Gasteiger partial charge in [0.25, 0.3) is 5.66 Å². The number of carbonyl (C=O) groups excluding carboxylic acids is 1. The van der Waals surface area contributed by atoms with Crippen LogP contribution in [0.4, 0.5) is 18.9 Å². The van der Waals surface area contributed by atoms with Crippen LogP contribution < -0.4 is 5.32 Å². The molecule has 1 aromatic heterocycles. The van der Waals surface area contributed by atoms with Gasteiger partial charge in [0, 0.05) is 21.3 Å². The van der Waals surface area contributed by atoms with Gasteiger partial charge in [-0.05, 0) is 42.5 Å². The molecule has 5 rings (SSSR count). The van der Waals surface area contributed by atoms with Gasteiger partial charge < -0.3 is 5.32 Å². The Hall–Kier alpha value is -3.13. The van der Waals surface area contributed by atoms with Crippen LogP contribution in [-0.2, 0) is 5.66 Å². The van der Waals surface area contributed by atoms with Crippen molar-refractivity contribution < 1.29 is 18.0 Å². The van der Waals surface area contributed by atoms with E-state index < -0.39 is 17.6 Å². The molecule has 0 radical (unpaired) electrons. The Morgan fingerprint density at radius 1 is 0.933 bits per heavy atom. The van der Waals surface area contributed by atoms with Crippen LogP contribution in [0.5, 0.6) is 0 Å². The number of alkyl halides is 3. The van der Waals surface area contributed by atoms with Crippen molar-refractivity contribution in [2.24, 2.45) is 0 Å². The second-order valence-electron chi connectivity index (χ2n) is 6.98. The molecule has 0 aliphatic carbocycles. The average Bonchev–Trinajstić information content (AvgIpc) is 3.11. The second kappa shape index (κ2) is 6.43. The van der Waals surface area contributed by atoms with Crippen molar-refractivity contribution in [2.75, 3.05) is 5.32 Å². The summed E-state index contributed by atoms with van der Waals surface area (Å²) in [4.78, 5) is 18.1. The highest BCUT2D eigenvalue weighted by atomic mass is 79.9. The number of halogens is 4. The molecule has 30 heavy (non-hydrogen) atoms. The smallest absolute Gasteiger partial charge is 0.348 e. The van der Waals surface area contributed by atoms with E-state index in [-0.39, 0.29) is 22.6 Å². The van der Waals surface area contributed by atoms with Crippen molar-refractivity contribution in [1.82, 2.24) is 9.55 Å². The molecular formula is C22H13BrF3N3O. The summed E-state index contributed by atoms with van der Waals surface area (Å²) in [7, 11) is 0. The number of benzene rings is 3. The van der Waals surface area contributed by atoms with E-state index in [9.17, 15) is 18.0 Å². The number of rotatable bonds is 2. The van der Waals surface area contributed by atoms with Crippen LogP contribution in [0.25, 0.3) is 22.4 Å². The van der Waals surface area contributed by atoms with Gasteiger partial charge in [-0.15, -0.1) is 0 Å². The Morgan fingerprint density at radius 2 is 1.63 bits per heavy atom. The van der Waals surface area contributed by atoms with Crippen LogP contribution in [0.3, 0.4) is 0 Å². The zero-order valence-corrected chi connectivity index (χ0v) is 16.8. The van der Waals surface area contributed by atoms with E-state index in [1.54, 1.807) is 48.5 Å². The number of aromatic nitrogens is 2. The highest BCUT2D eigenvalue weighted by Crippen LogP contribution is 2.49. The third-order valence-corrected chi connectivity index (χ3v) is 5.69. The van der Waals surface area contributed by atoms with Crippen LogP contribution in [0.1, 0.15) is 10.4 Å². The molecule has 0 saturated carbocycles. The van der Waals surface area contributed by atoms with Crippen LogP contribution in [0.15, 0.2) is 77.3 Å². The minimum Gasteiger partial charge on any atom is -0.348 e. The predicted octanol–water partition coefficient (Wildman–Crippen LogP) is 5.99. The molecule has 0 saturated heterocycles. The van der Waals surface area contributed by atoms with Crippen molar-refractivity contribution in [3.63, 3.8) is 0 Å². The van der Waals surface area contributed by atoms with Gasteiger partial charge in [0.15, 0.2) is 0 Å². The lowest BCUT2D eigenvalue weighted by molar-refractivity contribution is -0.186. The molecule has 8 heteroatoms. The highest BCUT2D eigenvalue weighted by Gasteiger charge is 2.65. The Balaban J connectivity index is 1.92. The fraction of sp³-hybridized carbons (Fsp3) is 0.0909. The molecule has 0 spiro atoms. The van der Waals surface area contributed by atoms with Crippen LogP contribution in [-0.4, -0.2) is 21.5 Å². The van der Waals surface area contributed by atoms with Crippen molar-refractivity contribution in [1.29, 1.82) is 0 Å². The van der Waals surface area contributed by atoms with Crippen molar-refractivity contribution >= 4 is 38.4 Å². The third-order valence-electron chi connectivity index (χ3n) is 5.20. The molecule has 4 aromatic rings. The van der Waals surface area contributed by atoms with Gasteiger partial charge in [0.1, 0.15) is 5.82 Å². The SMILES string of the molecule is O=C1c2cc(Br)ccc2-c2nc3ccccc3n2C1(Nc1ccccc1)C(F)(F)F. The molecule has 1 aliphatic heterocycles.